The molecule has 1 saturated carbocycles. The number of carbonyl (C=O) groups excluding carboxylic acids is 1. The van der Waals surface area contributed by atoms with E-state index in [2.05, 4.69) is 28.6 Å². The number of carbonyl (C=O) groups is 1. The third-order valence-electron chi connectivity index (χ3n) is 8.63. The number of likely N-dealkylation sites (N-methyl/N-ethyl adjacent to an activating group) is 1. The van der Waals surface area contributed by atoms with Crippen molar-refractivity contribution < 1.29 is 31.8 Å². The van der Waals surface area contributed by atoms with E-state index in [1.807, 2.05) is 0 Å². The first-order valence-corrected chi connectivity index (χ1v) is 14.5. The van der Waals surface area contributed by atoms with Crippen molar-refractivity contribution in [2.24, 2.45) is 0 Å². The minimum absolute atomic E-state index is 0.0263. The largest absolute Gasteiger partial charge is 0.493 e. The van der Waals surface area contributed by atoms with Crippen molar-refractivity contribution in [2.75, 3.05) is 47.4 Å². The first-order valence-electron chi connectivity index (χ1n) is 14.5. The van der Waals surface area contributed by atoms with E-state index in [1.54, 1.807) is 17.9 Å². The second-order valence-corrected chi connectivity index (χ2v) is 11.7. The lowest BCUT2D eigenvalue weighted by Gasteiger charge is -2.42. The van der Waals surface area contributed by atoms with Crippen LogP contribution in [0, 0.1) is 11.6 Å². The fourth-order valence-electron chi connectivity index (χ4n) is 6.35. The zero-order valence-corrected chi connectivity index (χ0v) is 24.8. The van der Waals surface area contributed by atoms with Crippen molar-refractivity contribution in [3.63, 3.8) is 0 Å². The summed E-state index contributed by atoms with van der Waals surface area (Å²) >= 11 is 0. The smallest absolute Gasteiger partial charge is 0.387 e. The van der Waals surface area contributed by atoms with Gasteiger partial charge in [-0.1, -0.05) is 24.5 Å². The summed E-state index contributed by atoms with van der Waals surface area (Å²) in [6.07, 6.45) is 8.28. The van der Waals surface area contributed by atoms with Gasteiger partial charge >= 0.3 is 6.61 Å². The molecule has 4 rings (SSSR count). The van der Waals surface area contributed by atoms with Crippen LogP contribution in [-0.2, 0) is 0 Å². The third kappa shape index (κ3) is 7.64. The van der Waals surface area contributed by atoms with E-state index < -0.39 is 18.2 Å². The second kappa shape index (κ2) is 13.9. The highest BCUT2D eigenvalue weighted by Crippen LogP contribution is 2.36. The zero-order chi connectivity index (χ0) is 30.4. The first kappa shape index (κ1) is 31.8. The molecule has 0 radical (unpaired) electrons. The maximum Gasteiger partial charge on any atom is 0.387 e. The van der Waals surface area contributed by atoms with Gasteiger partial charge in [0.05, 0.1) is 7.11 Å². The van der Waals surface area contributed by atoms with E-state index in [0.717, 1.165) is 44.8 Å². The molecule has 2 aromatic carbocycles. The van der Waals surface area contributed by atoms with Crippen LogP contribution in [0.3, 0.4) is 0 Å². The molecule has 1 saturated heterocycles. The molecule has 42 heavy (non-hydrogen) atoms. The Morgan fingerprint density at radius 1 is 1.10 bits per heavy atom. The predicted octanol–water partition coefficient (Wildman–Crippen LogP) is 6.46. The number of halogens is 4. The minimum atomic E-state index is -3.03. The van der Waals surface area contributed by atoms with Crippen LogP contribution in [0.25, 0.3) is 6.08 Å². The van der Waals surface area contributed by atoms with Gasteiger partial charge in [0, 0.05) is 48.4 Å². The molecule has 0 bridgehead atoms. The van der Waals surface area contributed by atoms with E-state index in [9.17, 15) is 22.4 Å². The Morgan fingerprint density at radius 3 is 2.48 bits per heavy atom. The molecule has 0 aromatic heterocycles. The number of hydrogen-bond donors (Lipinski definition) is 0. The average molecular weight is 592 g/mol. The lowest BCUT2D eigenvalue weighted by molar-refractivity contribution is -0.0512. The van der Waals surface area contributed by atoms with Crippen molar-refractivity contribution in [3.8, 4) is 11.5 Å². The SMILES string of the molecule is COc1cc(C(=O)N(C/C(C)=C/c2ccc(F)cc2F)C[C@@H]2CCCN2CC2(N(C)C)CCCC2)ccc1OC(F)F. The summed E-state index contributed by atoms with van der Waals surface area (Å²) in [6.45, 7) is 1.29. The molecule has 10 heteroatoms. The van der Waals surface area contributed by atoms with Crippen LogP contribution < -0.4 is 9.47 Å². The molecular formula is C32H41F4N3O3. The monoisotopic (exact) mass is 591 g/mol. The van der Waals surface area contributed by atoms with Crippen LogP contribution in [0.5, 0.6) is 11.5 Å². The molecule has 1 amide bonds. The van der Waals surface area contributed by atoms with Gasteiger partial charge in [0.25, 0.3) is 5.91 Å². The van der Waals surface area contributed by atoms with Gasteiger partial charge in [0.2, 0.25) is 0 Å². The first-order chi connectivity index (χ1) is 20.0. The summed E-state index contributed by atoms with van der Waals surface area (Å²) in [5.74, 6) is -1.78. The maximum absolute atomic E-state index is 14.4. The molecule has 1 aliphatic heterocycles. The summed E-state index contributed by atoms with van der Waals surface area (Å²) in [7, 11) is 5.61. The highest BCUT2D eigenvalue weighted by Gasteiger charge is 2.40. The normalized spacial score (nSPS) is 19.1. The molecule has 1 aliphatic carbocycles. The van der Waals surface area contributed by atoms with Gasteiger partial charge in [-0.2, -0.15) is 8.78 Å². The van der Waals surface area contributed by atoms with Gasteiger partial charge in [0.1, 0.15) is 11.6 Å². The summed E-state index contributed by atoms with van der Waals surface area (Å²) in [5, 5.41) is 0. The number of benzene rings is 2. The van der Waals surface area contributed by atoms with Crippen LogP contribution in [-0.4, -0.2) is 86.2 Å². The Balaban J connectivity index is 1.61. The molecule has 2 fully saturated rings. The molecule has 6 nitrogen and oxygen atoms in total. The molecule has 1 heterocycles. The van der Waals surface area contributed by atoms with Crippen molar-refractivity contribution in [1.29, 1.82) is 0 Å². The summed E-state index contributed by atoms with van der Waals surface area (Å²) in [4.78, 5) is 20.5. The lowest BCUT2D eigenvalue weighted by Crippen LogP contribution is -2.54. The number of amides is 1. The van der Waals surface area contributed by atoms with Crippen molar-refractivity contribution >= 4 is 12.0 Å². The summed E-state index contributed by atoms with van der Waals surface area (Å²) in [5.41, 5.74) is 1.32. The van der Waals surface area contributed by atoms with Gasteiger partial charge in [-0.05, 0) is 83.6 Å². The van der Waals surface area contributed by atoms with Gasteiger partial charge < -0.3 is 19.3 Å². The average Bonchev–Trinajstić information content (AvgIpc) is 3.60. The molecule has 230 valence electrons. The lowest BCUT2D eigenvalue weighted by atomic mass is 9.94. The Hall–Kier alpha value is -3.11. The van der Waals surface area contributed by atoms with Gasteiger partial charge in [-0.25, -0.2) is 8.78 Å². The topological polar surface area (TPSA) is 45.2 Å². The summed E-state index contributed by atoms with van der Waals surface area (Å²) in [6, 6.07) is 7.67. The Bertz CT molecular complexity index is 1260. The number of likely N-dealkylation sites (tertiary alicyclic amines) is 1. The van der Waals surface area contributed by atoms with E-state index >= 15 is 0 Å². The van der Waals surface area contributed by atoms with E-state index in [-0.39, 0.29) is 46.7 Å². The molecule has 2 aliphatic rings. The molecule has 0 N–H and O–H groups in total. The number of methoxy groups -OCH3 is 1. The van der Waals surface area contributed by atoms with Crippen LogP contribution in [0.2, 0.25) is 0 Å². The summed E-state index contributed by atoms with van der Waals surface area (Å²) < 4.78 is 63.4. The minimum Gasteiger partial charge on any atom is -0.493 e. The molecule has 0 unspecified atom stereocenters. The Labute approximate surface area is 245 Å². The Morgan fingerprint density at radius 2 is 1.83 bits per heavy atom. The quantitative estimate of drug-likeness (QED) is 0.265. The number of hydrogen-bond acceptors (Lipinski definition) is 5. The number of alkyl halides is 2. The van der Waals surface area contributed by atoms with Crippen molar-refractivity contribution in [2.45, 2.75) is 63.6 Å². The highest BCUT2D eigenvalue weighted by molar-refractivity contribution is 5.95. The molecule has 0 spiro atoms. The Kier molecular flexibility index (Phi) is 10.5. The fourth-order valence-corrected chi connectivity index (χ4v) is 6.35. The van der Waals surface area contributed by atoms with Gasteiger partial charge in [0.15, 0.2) is 11.5 Å². The van der Waals surface area contributed by atoms with Gasteiger partial charge in [-0.15, -0.1) is 0 Å². The third-order valence-corrected chi connectivity index (χ3v) is 8.63. The highest BCUT2D eigenvalue weighted by atomic mass is 19.3. The van der Waals surface area contributed by atoms with E-state index in [0.29, 0.717) is 12.1 Å². The van der Waals surface area contributed by atoms with Crippen LogP contribution in [0.1, 0.15) is 61.4 Å². The van der Waals surface area contributed by atoms with E-state index in [4.69, 9.17) is 4.74 Å². The van der Waals surface area contributed by atoms with Crippen LogP contribution >= 0.6 is 0 Å². The number of rotatable bonds is 12. The molecule has 1 atom stereocenters. The fraction of sp³-hybridized carbons (Fsp3) is 0.531. The molecule has 2 aromatic rings. The maximum atomic E-state index is 14.4. The molecular weight excluding hydrogens is 550 g/mol. The standard InChI is InChI=1S/C32H41F4N3O3/c1-22(16-23-9-11-25(33)18-27(23)34)19-39(30(40)24-10-12-28(42-31(35)36)29(17-24)41-4)20-26-8-7-15-38(26)21-32(37(2)3)13-5-6-14-32/h9-12,16-18,26,31H,5-8,13-15,19-21H2,1-4H3/b22-16+/t26-/m0/s1. The van der Waals surface area contributed by atoms with Crippen molar-refractivity contribution in [3.05, 3.63) is 64.7 Å². The number of ether oxygens (including phenoxy) is 2. The van der Waals surface area contributed by atoms with E-state index in [1.165, 1.54) is 50.3 Å². The zero-order valence-electron chi connectivity index (χ0n) is 24.8. The van der Waals surface area contributed by atoms with Crippen molar-refractivity contribution in [1.82, 2.24) is 14.7 Å². The number of nitrogens with zero attached hydrogens (tertiary/aromatic N) is 3. The second-order valence-electron chi connectivity index (χ2n) is 11.7. The van der Waals surface area contributed by atoms with Crippen LogP contribution in [0.15, 0.2) is 42.0 Å². The predicted molar refractivity (Wildman–Crippen MR) is 155 cm³/mol. The van der Waals surface area contributed by atoms with Gasteiger partial charge in [-0.3, -0.25) is 9.69 Å². The van der Waals surface area contributed by atoms with Crippen LogP contribution in [0.4, 0.5) is 17.6 Å².